The Kier molecular flexibility index (Phi) is 3.38. The molecule has 2 amide bonds. The van der Waals surface area contributed by atoms with Crippen LogP contribution in [-0.2, 0) is 0 Å². The molecule has 1 aromatic heterocycles. The van der Waals surface area contributed by atoms with Gasteiger partial charge in [0.15, 0.2) is 0 Å². The Hall–Kier alpha value is -3.48. The normalized spacial score (nSPS) is 10.6. The minimum atomic E-state index is -0.816. The van der Waals surface area contributed by atoms with Crippen molar-refractivity contribution in [2.24, 2.45) is 11.5 Å². The summed E-state index contributed by atoms with van der Waals surface area (Å²) < 4.78 is 5.18. The largest absolute Gasteiger partial charge is 0.403 e. The third kappa shape index (κ3) is 2.55. The van der Waals surface area contributed by atoms with Gasteiger partial charge in [-0.25, -0.2) is 9.78 Å². The van der Waals surface area contributed by atoms with E-state index in [-0.39, 0.29) is 17.0 Å². The van der Waals surface area contributed by atoms with E-state index in [1.807, 2.05) is 0 Å². The van der Waals surface area contributed by atoms with E-state index in [0.29, 0.717) is 16.5 Å². The lowest BCUT2D eigenvalue weighted by Crippen LogP contribution is -2.20. The summed E-state index contributed by atoms with van der Waals surface area (Å²) in [5.41, 5.74) is 10.6. The molecule has 0 radical (unpaired) electrons. The zero-order chi connectivity index (χ0) is 16.6. The van der Waals surface area contributed by atoms with Crippen molar-refractivity contribution >= 4 is 22.7 Å². The van der Waals surface area contributed by atoms with Crippen LogP contribution in [0.1, 0.15) is 20.7 Å². The predicted molar refractivity (Wildman–Crippen MR) is 82.8 cm³/mol. The first-order valence-corrected chi connectivity index (χ1v) is 6.61. The van der Waals surface area contributed by atoms with Gasteiger partial charge in [-0.15, -0.1) is 0 Å². The molecule has 0 aliphatic rings. The number of nitrogens with two attached hydrogens (primary N) is 2. The van der Waals surface area contributed by atoms with Gasteiger partial charge in [0.1, 0.15) is 0 Å². The lowest BCUT2D eigenvalue weighted by Gasteiger charge is -2.06. The van der Waals surface area contributed by atoms with Gasteiger partial charge in [-0.2, -0.15) is 0 Å². The van der Waals surface area contributed by atoms with Crippen LogP contribution >= 0.6 is 0 Å². The van der Waals surface area contributed by atoms with E-state index < -0.39 is 17.4 Å². The van der Waals surface area contributed by atoms with Gasteiger partial charge in [-0.05, 0) is 30.3 Å². The summed E-state index contributed by atoms with van der Waals surface area (Å²) >= 11 is 0. The SMILES string of the molecule is NC(=O)c1ccc(-c2nc3ccccc3c(=O)o2)cc1C(N)=O. The van der Waals surface area contributed by atoms with Crippen LogP contribution in [0.4, 0.5) is 0 Å². The fourth-order valence-corrected chi connectivity index (χ4v) is 2.24. The molecular formula is C16H11N3O4. The van der Waals surface area contributed by atoms with Gasteiger partial charge in [-0.3, -0.25) is 9.59 Å². The molecule has 0 aliphatic carbocycles. The van der Waals surface area contributed by atoms with Crippen LogP contribution in [0.5, 0.6) is 0 Å². The number of rotatable bonds is 3. The maximum atomic E-state index is 12.0. The molecule has 3 rings (SSSR count). The van der Waals surface area contributed by atoms with Gasteiger partial charge in [0.25, 0.3) is 0 Å². The summed E-state index contributed by atoms with van der Waals surface area (Å²) in [6.07, 6.45) is 0. The zero-order valence-corrected chi connectivity index (χ0v) is 11.8. The van der Waals surface area contributed by atoms with Gasteiger partial charge in [0.2, 0.25) is 17.7 Å². The molecule has 0 aliphatic heterocycles. The van der Waals surface area contributed by atoms with Crippen LogP contribution in [0, 0.1) is 0 Å². The first-order chi connectivity index (χ1) is 11.0. The lowest BCUT2D eigenvalue weighted by molar-refractivity contribution is 0.0967. The van der Waals surface area contributed by atoms with Crippen molar-refractivity contribution in [3.63, 3.8) is 0 Å². The van der Waals surface area contributed by atoms with Crippen molar-refractivity contribution < 1.29 is 14.0 Å². The number of para-hydroxylation sites is 1. The predicted octanol–water partition coefficient (Wildman–Crippen LogP) is 1.05. The number of hydrogen-bond acceptors (Lipinski definition) is 5. The van der Waals surface area contributed by atoms with Crippen molar-refractivity contribution in [1.29, 1.82) is 0 Å². The Balaban J connectivity index is 2.23. The average molecular weight is 309 g/mol. The van der Waals surface area contributed by atoms with E-state index >= 15 is 0 Å². The van der Waals surface area contributed by atoms with Gasteiger partial charge in [0, 0.05) is 5.56 Å². The molecule has 3 aromatic rings. The van der Waals surface area contributed by atoms with Crippen molar-refractivity contribution in [3.8, 4) is 11.5 Å². The number of nitrogens with zero attached hydrogens (tertiary/aromatic N) is 1. The maximum absolute atomic E-state index is 12.0. The van der Waals surface area contributed by atoms with Gasteiger partial charge in [0.05, 0.1) is 22.0 Å². The third-order valence-electron chi connectivity index (χ3n) is 3.33. The van der Waals surface area contributed by atoms with E-state index in [1.54, 1.807) is 24.3 Å². The molecule has 0 fully saturated rings. The highest BCUT2D eigenvalue weighted by atomic mass is 16.4. The summed E-state index contributed by atoms with van der Waals surface area (Å²) in [6.45, 7) is 0. The molecule has 23 heavy (non-hydrogen) atoms. The van der Waals surface area contributed by atoms with Crippen molar-refractivity contribution in [2.75, 3.05) is 0 Å². The second-order valence-electron chi connectivity index (χ2n) is 4.81. The molecule has 0 unspecified atom stereocenters. The average Bonchev–Trinajstić information content (AvgIpc) is 2.54. The second kappa shape index (κ2) is 5.38. The molecule has 114 valence electrons. The molecular weight excluding hydrogens is 298 g/mol. The van der Waals surface area contributed by atoms with Crippen LogP contribution in [-0.4, -0.2) is 16.8 Å². The number of aromatic nitrogens is 1. The Labute approximate surface area is 129 Å². The highest BCUT2D eigenvalue weighted by molar-refractivity contribution is 6.06. The van der Waals surface area contributed by atoms with E-state index in [1.165, 1.54) is 18.2 Å². The molecule has 2 aromatic carbocycles. The quantitative estimate of drug-likeness (QED) is 0.747. The molecule has 0 spiro atoms. The van der Waals surface area contributed by atoms with Crippen LogP contribution in [0.2, 0.25) is 0 Å². The molecule has 7 heteroatoms. The fourth-order valence-electron chi connectivity index (χ4n) is 2.24. The first-order valence-electron chi connectivity index (χ1n) is 6.61. The van der Waals surface area contributed by atoms with E-state index in [2.05, 4.69) is 4.98 Å². The van der Waals surface area contributed by atoms with Crippen LogP contribution in [0.3, 0.4) is 0 Å². The molecule has 0 bridgehead atoms. The van der Waals surface area contributed by atoms with Crippen LogP contribution in [0.15, 0.2) is 51.7 Å². The number of amides is 2. The summed E-state index contributed by atoms with van der Waals surface area (Å²) in [4.78, 5) is 39.1. The van der Waals surface area contributed by atoms with Crippen molar-refractivity contribution in [2.45, 2.75) is 0 Å². The number of hydrogen-bond donors (Lipinski definition) is 2. The minimum Gasteiger partial charge on any atom is -0.403 e. The molecule has 1 heterocycles. The van der Waals surface area contributed by atoms with E-state index in [0.717, 1.165) is 0 Å². The molecule has 0 atom stereocenters. The van der Waals surface area contributed by atoms with Crippen molar-refractivity contribution in [1.82, 2.24) is 4.98 Å². The highest BCUT2D eigenvalue weighted by Crippen LogP contribution is 2.21. The number of fused-ring (bicyclic) bond motifs is 1. The fraction of sp³-hybridized carbons (Fsp3) is 0. The Bertz CT molecular complexity index is 1010. The second-order valence-corrected chi connectivity index (χ2v) is 4.81. The first kappa shape index (κ1) is 14.5. The standard InChI is InChI=1S/C16H11N3O4/c17-13(20)9-6-5-8(7-11(9)14(18)21)15-19-12-4-2-1-3-10(12)16(22)23-15/h1-7H,(H2,17,20)(H2,18,21). The Morgan fingerprint density at radius 2 is 1.65 bits per heavy atom. The highest BCUT2D eigenvalue weighted by Gasteiger charge is 2.16. The smallest absolute Gasteiger partial charge is 0.347 e. The van der Waals surface area contributed by atoms with E-state index in [9.17, 15) is 14.4 Å². The Morgan fingerprint density at radius 1 is 0.957 bits per heavy atom. The van der Waals surface area contributed by atoms with Crippen LogP contribution in [0.25, 0.3) is 22.4 Å². The zero-order valence-electron chi connectivity index (χ0n) is 11.8. The summed E-state index contributed by atoms with van der Waals surface area (Å²) in [5, 5.41) is 0.347. The minimum absolute atomic E-state index is 0.00983. The lowest BCUT2D eigenvalue weighted by atomic mass is 10.0. The van der Waals surface area contributed by atoms with Gasteiger partial charge >= 0.3 is 5.63 Å². The van der Waals surface area contributed by atoms with Crippen LogP contribution < -0.4 is 17.1 Å². The summed E-state index contributed by atoms with van der Waals surface area (Å²) in [5.74, 6) is -1.57. The molecule has 4 N–H and O–H groups in total. The number of primary amides is 2. The third-order valence-corrected chi connectivity index (χ3v) is 3.33. The number of carbonyl (C=O) groups is 2. The topological polar surface area (TPSA) is 129 Å². The summed E-state index contributed by atoms with van der Waals surface area (Å²) in [7, 11) is 0. The van der Waals surface area contributed by atoms with Gasteiger partial charge < -0.3 is 15.9 Å². The number of benzene rings is 2. The molecule has 0 saturated carbocycles. The van der Waals surface area contributed by atoms with Crippen molar-refractivity contribution in [3.05, 3.63) is 64.0 Å². The summed E-state index contributed by atoms with van der Waals surface area (Å²) in [6, 6.07) is 10.9. The Morgan fingerprint density at radius 3 is 2.35 bits per heavy atom. The van der Waals surface area contributed by atoms with Gasteiger partial charge in [-0.1, -0.05) is 12.1 Å². The monoisotopic (exact) mass is 309 g/mol. The molecule has 7 nitrogen and oxygen atoms in total. The van der Waals surface area contributed by atoms with E-state index in [4.69, 9.17) is 15.9 Å². The maximum Gasteiger partial charge on any atom is 0.347 e. The molecule has 0 saturated heterocycles. The number of carbonyl (C=O) groups excluding carboxylic acids is 2.